The van der Waals surface area contributed by atoms with Gasteiger partial charge in [-0.2, -0.15) is 0 Å². The monoisotopic (exact) mass is 276 g/mol. The quantitative estimate of drug-likeness (QED) is 0.872. The van der Waals surface area contributed by atoms with E-state index in [0.29, 0.717) is 6.61 Å². The van der Waals surface area contributed by atoms with Crippen molar-refractivity contribution in [1.29, 1.82) is 0 Å². The molecule has 2 aliphatic heterocycles. The zero-order chi connectivity index (χ0) is 13.9. The maximum atomic E-state index is 12.6. The lowest BCUT2D eigenvalue weighted by molar-refractivity contribution is -0.182. The van der Waals surface area contributed by atoms with Crippen LogP contribution in [0.5, 0.6) is 0 Å². The SMILES string of the molecule is Cc1cnc([C@@H]2CCON2C(=O)C2CCNCC2)cn1. The van der Waals surface area contributed by atoms with Gasteiger partial charge in [-0.3, -0.25) is 19.6 Å². The molecule has 1 aromatic heterocycles. The van der Waals surface area contributed by atoms with Gasteiger partial charge < -0.3 is 5.32 Å². The van der Waals surface area contributed by atoms with Gasteiger partial charge in [0.25, 0.3) is 0 Å². The van der Waals surface area contributed by atoms with Crippen molar-refractivity contribution in [3.8, 4) is 0 Å². The topological polar surface area (TPSA) is 67.3 Å². The maximum Gasteiger partial charge on any atom is 0.249 e. The third kappa shape index (κ3) is 2.66. The fourth-order valence-electron chi connectivity index (χ4n) is 2.78. The van der Waals surface area contributed by atoms with Gasteiger partial charge in [-0.1, -0.05) is 0 Å². The van der Waals surface area contributed by atoms with E-state index in [1.54, 1.807) is 12.4 Å². The highest BCUT2D eigenvalue weighted by molar-refractivity contribution is 5.78. The lowest BCUT2D eigenvalue weighted by Gasteiger charge is -2.28. The number of nitrogens with zero attached hydrogens (tertiary/aromatic N) is 3. The molecule has 6 nitrogen and oxygen atoms in total. The number of aromatic nitrogens is 2. The van der Waals surface area contributed by atoms with Crippen LogP contribution in [-0.2, 0) is 9.63 Å². The van der Waals surface area contributed by atoms with Crippen LogP contribution in [0.25, 0.3) is 0 Å². The van der Waals surface area contributed by atoms with Gasteiger partial charge >= 0.3 is 0 Å². The molecule has 20 heavy (non-hydrogen) atoms. The molecular weight excluding hydrogens is 256 g/mol. The van der Waals surface area contributed by atoms with E-state index in [0.717, 1.165) is 43.7 Å². The summed E-state index contributed by atoms with van der Waals surface area (Å²) in [6, 6.07) is -0.0921. The molecule has 0 unspecified atom stereocenters. The Balaban J connectivity index is 1.74. The molecule has 0 bridgehead atoms. The van der Waals surface area contributed by atoms with E-state index in [2.05, 4.69) is 15.3 Å². The predicted octanol–water partition coefficient (Wildman–Crippen LogP) is 0.990. The van der Waals surface area contributed by atoms with Crippen LogP contribution >= 0.6 is 0 Å². The normalized spacial score (nSPS) is 24.1. The Morgan fingerprint density at radius 1 is 1.30 bits per heavy atom. The first-order valence-electron chi connectivity index (χ1n) is 7.21. The number of hydrogen-bond acceptors (Lipinski definition) is 5. The second-order valence-corrected chi connectivity index (χ2v) is 5.41. The smallest absolute Gasteiger partial charge is 0.249 e. The Morgan fingerprint density at radius 2 is 2.10 bits per heavy atom. The second kappa shape index (κ2) is 5.85. The summed E-state index contributed by atoms with van der Waals surface area (Å²) in [5.74, 6) is 0.159. The molecule has 2 fully saturated rings. The third-order valence-corrected chi connectivity index (χ3v) is 3.95. The summed E-state index contributed by atoms with van der Waals surface area (Å²) in [7, 11) is 0. The fourth-order valence-corrected chi connectivity index (χ4v) is 2.78. The number of aryl methyl sites for hydroxylation is 1. The molecule has 0 aromatic carbocycles. The molecule has 0 spiro atoms. The van der Waals surface area contributed by atoms with Gasteiger partial charge in [0.2, 0.25) is 5.91 Å². The summed E-state index contributed by atoms with van der Waals surface area (Å²) in [4.78, 5) is 26.8. The van der Waals surface area contributed by atoms with E-state index in [1.165, 1.54) is 5.06 Å². The van der Waals surface area contributed by atoms with Gasteiger partial charge in [0.15, 0.2) is 0 Å². The number of carbonyl (C=O) groups excluding carboxylic acids is 1. The molecule has 1 N–H and O–H groups in total. The molecule has 2 aliphatic rings. The first kappa shape index (κ1) is 13.5. The summed E-state index contributed by atoms with van der Waals surface area (Å²) in [6.07, 6.45) is 6.03. The summed E-state index contributed by atoms with van der Waals surface area (Å²) in [5, 5.41) is 4.81. The Labute approximate surface area is 118 Å². The van der Waals surface area contributed by atoms with Crippen molar-refractivity contribution in [2.45, 2.75) is 32.2 Å². The van der Waals surface area contributed by atoms with E-state index in [9.17, 15) is 4.79 Å². The molecule has 2 saturated heterocycles. The van der Waals surface area contributed by atoms with E-state index in [-0.39, 0.29) is 17.9 Å². The summed E-state index contributed by atoms with van der Waals surface area (Å²) in [5.41, 5.74) is 1.69. The van der Waals surface area contributed by atoms with Crippen molar-refractivity contribution < 1.29 is 9.63 Å². The van der Waals surface area contributed by atoms with Crippen LogP contribution < -0.4 is 5.32 Å². The van der Waals surface area contributed by atoms with Gasteiger partial charge in [0.05, 0.1) is 24.2 Å². The zero-order valence-electron chi connectivity index (χ0n) is 11.7. The van der Waals surface area contributed by atoms with Gasteiger partial charge in [-0.05, 0) is 32.9 Å². The average Bonchev–Trinajstić information content (AvgIpc) is 2.97. The number of rotatable bonds is 2. The van der Waals surface area contributed by atoms with Crippen LogP contribution in [0.3, 0.4) is 0 Å². The predicted molar refractivity (Wildman–Crippen MR) is 72.5 cm³/mol. The Bertz CT molecular complexity index is 471. The summed E-state index contributed by atoms with van der Waals surface area (Å²) < 4.78 is 0. The highest BCUT2D eigenvalue weighted by Gasteiger charge is 2.36. The number of carbonyl (C=O) groups is 1. The molecule has 0 saturated carbocycles. The molecule has 0 aliphatic carbocycles. The van der Waals surface area contributed by atoms with Gasteiger partial charge in [-0.25, -0.2) is 5.06 Å². The first-order chi connectivity index (χ1) is 9.75. The van der Waals surface area contributed by atoms with Crippen LogP contribution in [0.2, 0.25) is 0 Å². The Morgan fingerprint density at radius 3 is 2.80 bits per heavy atom. The molecule has 1 atom stereocenters. The minimum absolute atomic E-state index is 0.0651. The number of nitrogens with one attached hydrogen (secondary N) is 1. The van der Waals surface area contributed by atoms with Crippen molar-refractivity contribution in [2.75, 3.05) is 19.7 Å². The highest BCUT2D eigenvalue weighted by Crippen LogP contribution is 2.31. The second-order valence-electron chi connectivity index (χ2n) is 5.41. The van der Waals surface area contributed by atoms with Gasteiger partial charge in [-0.15, -0.1) is 0 Å². The highest BCUT2D eigenvalue weighted by atomic mass is 16.7. The number of piperidine rings is 1. The largest absolute Gasteiger partial charge is 0.317 e. The Kier molecular flexibility index (Phi) is 3.93. The van der Waals surface area contributed by atoms with Crippen molar-refractivity contribution >= 4 is 5.91 Å². The summed E-state index contributed by atoms with van der Waals surface area (Å²) >= 11 is 0. The van der Waals surface area contributed by atoms with Gasteiger partial charge in [0, 0.05) is 18.5 Å². The molecule has 3 heterocycles. The molecule has 1 aromatic rings. The minimum atomic E-state index is -0.0921. The van der Waals surface area contributed by atoms with Crippen molar-refractivity contribution in [2.24, 2.45) is 5.92 Å². The average molecular weight is 276 g/mol. The standard InChI is InChI=1S/C14H20N4O2/c1-10-8-17-12(9-16-10)13-4-7-20-18(13)14(19)11-2-5-15-6-3-11/h8-9,11,13,15H,2-7H2,1H3/t13-/m0/s1. The first-order valence-corrected chi connectivity index (χ1v) is 7.21. The fraction of sp³-hybridized carbons (Fsp3) is 0.643. The molecular formula is C14H20N4O2. The van der Waals surface area contributed by atoms with Crippen molar-refractivity contribution in [3.63, 3.8) is 0 Å². The maximum absolute atomic E-state index is 12.6. The van der Waals surface area contributed by atoms with Crippen LogP contribution in [0, 0.1) is 12.8 Å². The van der Waals surface area contributed by atoms with E-state index >= 15 is 0 Å². The number of hydrogen-bond donors (Lipinski definition) is 1. The number of hydroxylamine groups is 2. The van der Waals surface area contributed by atoms with Crippen LogP contribution in [-0.4, -0.2) is 40.6 Å². The van der Waals surface area contributed by atoms with Crippen molar-refractivity contribution in [1.82, 2.24) is 20.3 Å². The van der Waals surface area contributed by atoms with E-state index in [4.69, 9.17) is 4.84 Å². The van der Waals surface area contributed by atoms with E-state index < -0.39 is 0 Å². The van der Waals surface area contributed by atoms with E-state index in [1.807, 2.05) is 6.92 Å². The van der Waals surface area contributed by atoms with Crippen LogP contribution in [0.4, 0.5) is 0 Å². The third-order valence-electron chi connectivity index (χ3n) is 3.95. The van der Waals surface area contributed by atoms with Crippen LogP contribution in [0.15, 0.2) is 12.4 Å². The zero-order valence-corrected chi connectivity index (χ0v) is 11.7. The molecule has 1 amide bonds. The lowest BCUT2D eigenvalue weighted by Crippen LogP contribution is -2.40. The minimum Gasteiger partial charge on any atom is -0.317 e. The molecule has 108 valence electrons. The lowest BCUT2D eigenvalue weighted by atomic mass is 9.96. The molecule has 6 heteroatoms. The molecule has 3 rings (SSSR count). The van der Waals surface area contributed by atoms with Crippen molar-refractivity contribution in [3.05, 3.63) is 23.8 Å². The van der Waals surface area contributed by atoms with Crippen LogP contribution in [0.1, 0.15) is 36.7 Å². The molecule has 0 radical (unpaired) electrons. The summed E-state index contributed by atoms with van der Waals surface area (Å²) in [6.45, 7) is 4.27. The number of amides is 1. The Hall–Kier alpha value is -1.53. The van der Waals surface area contributed by atoms with Gasteiger partial charge in [0.1, 0.15) is 6.04 Å².